The molecular weight excluding hydrogens is 296 g/mol. The maximum absolute atomic E-state index is 9.76. The van der Waals surface area contributed by atoms with Gasteiger partial charge in [-0.15, -0.1) is 0 Å². The highest BCUT2D eigenvalue weighted by Gasteiger charge is 2.29. The summed E-state index contributed by atoms with van der Waals surface area (Å²) in [5.41, 5.74) is 2.55. The van der Waals surface area contributed by atoms with Gasteiger partial charge in [-0.1, -0.05) is 36.4 Å². The van der Waals surface area contributed by atoms with Gasteiger partial charge in [0, 0.05) is 36.9 Å². The number of anilines is 1. The fourth-order valence-electron chi connectivity index (χ4n) is 3.93. The lowest BCUT2D eigenvalue weighted by atomic mass is 10.0. The second kappa shape index (κ2) is 7.71. The van der Waals surface area contributed by atoms with Crippen molar-refractivity contribution in [1.29, 1.82) is 0 Å². The Morgan fingerprint density at radius 3 is 2.33 bits per heavy atom. The average molecular weight is 324 g/mol. The number of hydrogen-bond donors (Lipinski definition) is 1. The molecule has 3 heteroatoms. The lowest BCUT2D eigenvalue weighted by molar-refractivity contribution is 0.198. The fourth-order valence-corrected chi connectivity index (χ4v) is 3.93. The summed E-state index contributed by atoms with van der Waals surface area (Å²) in [5, 5.41) is 9.76. The zero-order chi connectivity index (χ0) is 16.9. The summed E-state index contributed by atoms with van der Waals surface area (Å²) in [6.45, 7) is 7.87. The number of aryl methyl sites for hydroxylation is 1. The monoisotopic (exact) mass is 324 g/mol. The molecular formula is C21H28N2O. The summed E-state index contributed by atoms with van der Waals surface area (Å²) in [7, 11) is 0. The molecule has 24 heavy (non-hydrogen) atoms. The van der Waals surface area contributed by atoms with Gasteiger partial charge >= 0.3 is 0 Å². The molecule has 0 aromatic heterocycles. The van der Waals surface area contributed by atoms with E-state index in [2.05, 4.69) is 60.0 Å². The largest absolute Gasteiger partial charge is 0.508 e. The Kier molecular flexibility index (Phi) is 5.41. The van der Waals surface area contributed by atoms with E-state index in [9.17, 15) is 5.11 Å². The van der Waals surface area contributed by atoms with E-state index in [-0.39, 0.29) is 0 Å². The standard InChI is InChI=1S/C21H28N2O/c1-17-15-22(13-7-10-19-8-4-3-5-9-19)16-18(2)23(17)20-11-6-12-21(24)14-20/h3-6,8-9,11-12,14,17-18,24H,7,10,13,15-16H2,1-2H3/t17-,18-/m0/s1. The molecule has 0 saturated carbocycles. The molecule has 0 bridgehead atoms. The molecule has 2 atom stereocenters. The van der Waals surface area contributed by atoms with E-state index < -0.39 is 0 Å². The molecule has 2 aromatic carbocycles. The predicted molar refractivity (Wildman–Crippen MR) is 101 cm³/mol. The van der Waals surface area contributed by atoms with Crippen molar-refractivity contribution in [1.82, 2.24) is 4.90 Å². The number of hydrogen-bond acceptors (Lipinski definition) is 3. The van der Waals surface area contributed by atoms with Crippen molar-refractivity contribution in [2.45, 2.75) is 38.8 Å². The van der Waals surface area contributed by atoms with Crippen LogP contribution in [0.25, 0.3) is 0 Å². The van der Waals surface area contributed by atoms with Crippen LogP contribution in [-0.2, 0) is 6.42 Å². The van der Waals surface area contributed by atoms with Gasteiger partial charge in [-0.2, -0.15) is 0 Å². The Bertz CT molecular complexity index is 631. The van der Waals surface area contributed by atoms with Gasteiger partial charge in [0.25, 0.3) is 0 Å². The van der Waals surface area contributed by atoms with E-state index in [4.69, 9.17) is 0 Å². The van der Waals surface area contributed by atoms with Crippen LogP contribution in [0.1, 0.15) is 25.8 Å². The molecule has 1 heterocycles. The van der Waals surface area contributed by atoms with Crippen LogP contribution >= 0.6 is 0 Å². The Morgan fingerprint density at radius 1 is 0.958 bits per heavy atom. The first-order chi connectivity index (χ1) is 11.6. The lowest BCUT2D eigenvalue weighted by Gasteiger charge is -2.46. The van der Waals surface area contributed by atoms with Crippen molar-refractivity contribution in [3.05, 3.63) is 60.2 Å². The number of phenolic OH excluding ortho intramolecular Hbond substituents is 1. The van der Waals surface area contributed by atoms with E-state index in [0.717, 1.165) is 31.7 Å². The van der Waals surface area contributed by atoms with E-state index in [1.165, 1.54) is 12.0 Å². The van der Waals surface area contributed by atoms with Crippen LogP contribution in [0, 0.1) is 0 Å². The molecule has 1 saturated heterocycles. The zero-order valence-electron chi connectivity index (χ0n) is 14.7. The summed E-state index contributed by atoms with van der Waals surface area (Å²) in [5.74, 6) is 0.345. The summed E-state index contributed by atoms with van der Waals surface area (Å²) < 4.78 is 0. The number of piperazine rings is 1. The molecule has 0 amide bonds. The normalized spacial score (nSPS) is 21.8. The average Bonchev–Trinajstić information content (AvgIpc) is 2.55. The third-order valence-electron chi connectivity index (χ3n) is 4.91. The molecule has 128 valence electrons. The van der Waals surface area contributed by atoms with Gasteiger partial charge in [-0.3, -0.25) is 4.90 Å². The SMILES string of the molecule is C[C@H]1CN(CCCc2ccccc2)C[C@H](C)N1c1cccc(O)c1. The Hall–Kier alpha value is -2.00. The smallest absolute Gasteiger partial charge is 0.117 e. The number of rotatable bonds is 5. The highest BCUT2D eigenvalue weighted by Crippen LogP contribution is 2.27. The van der Waals surface area contributed by atoms with Gasteiger partial charge in [-0.05, 0) is 50.9 Å². The molecule has 0 radical (unpaired) electrons. The third-order valence-corrected chi connectivity index (χ3v) is 4.91. The van der Waals surface area contributed by atoms with Crippen LogP contribution in [0.15, 0.2) is 54.6 Å². The highest BCUT2D eigenvalue weighted by molar-refractivity contribution is 5.52. The predicted octanol–water partition coefficient (Wildman–Crippen LogP) is 3.92. The molecule has 2 aromatic rings. The van der Waals surface area contributed by atoms with Gasteiger partial charge in [0.2, 0.25) is 0 Å². The maximum atomic E-state index is 9.76. The summed E-state index contributed by atoms with van der Waals surface area (Å²) in [6.07, 6.45) is 2.35. The first kappa shape index (κ1) is 16.8. The van der Waals surface area contributed by atoms with Crippen LogP contribution in [0.3, 0.4) is 0 Å². The van der Waals surface area contributed by atoms with Crippen LogP contribution in [0.2, 0.25) is 0 Å². The van der Waals surface area contributed by atoms with Crippen molar-refractivity contribution in [3.8, 4) is 5.75 Å². The first-order valence-corrected chi connectivity index (χ1v) is 8.97. The second-order valence-electron chi connectivity index (χ2n) is 6.97. The Balaban J connectivity index is 1.55. The van der Waals surface area contributed by atoms with Crippen molar-refractivity contribution in [2.75, 3.05) is 24.5 Å². The molecule has 0 spiro atoms. The van der Waals surface area contributed by atoms with Crippen molar-refractivity contribution in [2.24, 2.45) is 0 Å². The van der Waals surface area contributed by atoms with E-state index in [1.807, 2.05) is 12.1 Å². The highest BCUT2D eigenvalue weighted by atomic mass is 16.3. The number of nitrogens with zero attached hydrogens (tertiary/aromatic N) is 2. The van der Waals surface area contributed by atoms with E-state index in [0.29, 0.717) is 17.8 Å². The molecule has 1 aliphatic heterocycles. The molecule has 1 N–H and O–H groups in total. The lowest BCUT2D eigenvalue weighted by Crippen LogP contribution is -2.57. The molecule has 0 unspecified atom stereocenters. The molecule has 3 rings (SSSR count). The summed E-state index contributed by atoms with van der Waals surface area (Å²) >= 11 is 0. The molecule has 1 aliphatic rings. The van der Waals surface area contributed by atoms with Gasteiger partial charge in [-0.25, -0.2) is 0 Å². The Morgan fingerprint density at radius 2 is 1.67 bits per heavy atom. The number of benzene rings is 2. The van der Waals surface area contributed by atoms with Gasteiger partial charge < -0.3 is 10.0 Å². The van der Waals surface area contributed by atoms with Crippen LogP contribution in [0.5, 0.6) is 5.75 Å². The molecule has 3 nitrogen and oxygen atoms in total. The fraction of sp³-hybridized carbons (Fsp3) is 0.429. The van der Waals surface area contributed by atoms with E-state index >= 15 is 0 Å². The molecule has 0 aliphatic carbocycles. The van der Waals surface area contributed by atoms with Crippen LogP contribution in [0.4, 0.5) is 5.69 Å². The number of aromatic hydroxyl groups is 1. The minimum absolute atomic E-state index is 0.345. The van der Waals surface area contributed by atoms with Gasteiger partial charge in [0.15, 0.2) is 0 Å². The number of phenols is 1. The minimum atomic E-state index is 0.345. The second-order valence-corrected chi connectivity index (χ2v) is 6.97. The van der Waals surface area contributed by atoms with Crippen molar-refractivity contribution < 1.29 is 5.11 Å². The van der Waals surface area contributed by atoms with E-state index in [1.54, 1.807) is 6.07 Å². The first-order valence-electron chi connectivity index (χ1n) is 8.97. The van der Waals surface area contributed by atoms with Crippen molar-refractivity contribution in [3.63, 3.8) is 0 Å². The van der Waals surface area contributed by atoms with Gasteiger partial charge in [0.1, 0.15) is 5.75 Å². The van der Waals surface area contributed by atoms with Crippen LogP contribution in [-0.4, -0.2) is 41.7 Å². The van der Waals surface area contributed by atoms with Gasteiger partial charge in [0.05, 0.1) is 0 Å². The maximum Gasteiger partial charge on any atom is 0.117 e. The zero-order valence-corrected chi connectivity index (χ0v) is 14.7. The minimum Gasteiger partial charge on any atom is -0.508 e. The van der Waals surface area contributed by atoms with Crippen molar-refractivity contribution >= 4 is 5.69 Å². The Labute approximate surface area is 145 Å². The molecule has 1 fully saturated rings. The topological polar surface area (TPSA) is 26.7 Å². The summed E-state index contributed by atoms with van der Waals surface area (Å²) in [4.78, 5) is 5.02. The third kappa shape index (κ3) is 4.09. The quantitative estimate of drug-likeness (QED) is 0.903. The summed E-state index contributed by atoms with van der Waals surface area (Å²) in [6, 6.07) is 19.3. The van der Waals surface area contributed by atoms with Crippen LogP contribution < -0.4 is 4.90 Å².